The van der Waals surface area contributed by atoms with E-state index in [1.54, 1.807) is 18.2 Å². The van der Waals surface area contributed by atoms with Crippen LogP contribution in [0.1, 0.15) is 39.5 Å². The minimum absolute atomic E-state index is 0.0440. The summed E-state index contributed by atoms with van der Waals surface area (Å²) in [6.07, 6.45) is 4.24. The van der Waals surface area contributed by atoms with Gasteiger partial charge in [-0.3, -0.25) is 9.10 Å². The van der Waals surface area contributed by atoms with Crippen molar-refractivity contribution in [1.82, 2.24) is 5.32 Å². The number of carbonyl (C=O) groups excluding carboxylic acids is 1. The molecule has 2 aromatic rings. The Balaban J connectivity index is 1.78. The van der Waals surface area contributed by atoms with Crippen molar-refractivity contribution in [2.45, 2.75) is 50.5 Å². The Labute approximate surface area is 149 Å². The molecule has 0 aliphatic carbocycles. The maximum Gasteiger partial charge on any atom is 0.265 e. The summed E-state index contributed by atoms with van der Waals surface area (Å²) in [5, 5.41) is 4.49. The SMILES string of the molecule is CCCCC[C@H](C)NC(=O)CN1c2cccc3cccc(c23)S1(=O)=O. The molecule has 0 fully saturated rings. The van der Waals surface area contributed by atoms with Gasteiger partial charge in [-0.15, -0.1) is 0 Å². The van der Waals surface area contributed by atoms with Crippen molar-refractivity contribution in [2.75, 3.05) is 10.8 Å². The van der Waals surface area contributed by atoms with Gasteiger partial charge in [0.15, 0.2) is 0 Å². The molecule has 0 bridgehead atoms. The van der Waals surface area contributed by atoms with Gasteiger partial charge < -0.3 is 5.32 Å². The maximum absolute atomic E-state index is 12.8. The van der Waals surface area contributed by atoms with Crippen molar-refractivity contribution in [3.05, 3.63) is 36.4 Å². The van der Waals surface area contributed by atoms with Crippen molar-refractivity contribution >= 4 is 32.4 Å². The standard InChI is InChI=1S/C19H24N2O3S/c1-3-4-5-8-14(2)20-18(22)13-21-16-11-6-9-15-10-7-12-17(19(15)16)25(21,23)24/h6-7,9-12,14H,3-5,8,13H2,1-2H3,(H,20,22)/t14-/m0/s1. The summed E-state index contributed by atoms with van der Waals surface area (Å²) in [7, 11) is -3.68. The molecule has 0 saturated carbocycles. The molecule has 2 aromatic carbocycles. The first-order chi connectivity index (χ1) is 11.9. The summed E-state index contributed by atoms with van der Waals surface area (Å²) < 4.78 is 26.9. The van der Waals surface area contributed by atoms with Gasteiger partial charge in [0.25, 0.3) is 10.0 Å². The third-order valence-corrected chi connectivity index (χ3v) is 6.42. The molecule has 3 rings (SSSR count). The highest BCUT2D eigenvalue weighted by Gasteiger charge is 2.36. The van der Waals surface area contributed by atoms with Gasteiger partial charge in [0.2, 0.25) is 5.91 Å². The Morgan fingerprint density at radius 1 is 1.16 bits per heavy atom. The van der Waals surface area contributed by atoms with Gasteiger partial charge in [0, 0.05) is 11.4 Å². The van der Waals surface area contributed by atoms with E-state index in [4.69, 9.17) is 0 Å². The van der Waals surface area contributed by atoms with Crippen molar-refractivity contribution in [2.24, 2.45) is 0 Å². The van der Waals surface area contributed by atoms with E-state index < -0.39 is 10.0 Å². The van der Waals surface area contributed by atoms with Crippen molar-refractivity contribution < 1.29 is 13.2 Å². The summed E-state index contributed by atoms with van der Waals surface area (Å²) in [4.78, 5) is 12.7. The molecule has 0 spiro atoms. The van der Waals surface area contributed by atoms with E-state index in [1.165, 1.54) is 4.31 Å². The Bertz CT molecular complexity index is 887. The van der Waals surface area contributed by atoms with Crippen LogP contribution in [0, 0.1) is 0 Å². The van der Waals surface area contributed by atoms with E-state index >= 15 is 0 Å². The van der Waals surface area contributed by atoms with Gasteiger partial charge in [-0.1, -0.05) is 50.5 Å². The summed E-state index contributed by atoms with van der Waals surface area (Å²) in [5.74, 6) is -0.266. The minimum atomic E-state index is -3.68. The summed E-state index contributed by atoms with van der Waals surface area (Å²) in [6, 6.07) is 10.7. The molecule has 25 heavy (non-hydrogen) atoms. The number of amides is 1. The van der Waals surface area contributed by atoms with Crippen molar-refractivity contribution in [1.29, 1.82) is 0 Å². The average molecular weight is 360 g/mol. The zero-order chi connectivity index (χ0) is 18.0. The molecular weight excluding hydrogens is 336 g/mol. The molecule has 5 nitrogen and oxygen atoms in total. The Hall–Kier alpha value is -2.08. The Morgan fingerprint density at radius 3 is 2.60 bits per heavy atom. The second kappa shape index (κ2) is 7.04. The smallest absolute Gasteiger partial charge is 0.265 e. The third-order valence-electron chi connectivity index (χ3n) is 4.62. The van der Waals surface area contributed by atoms with Crippen molar-refractivity contribution in [3.8, 4) is 0 Å². The molecule has 1 N–H and O–H groups in total. The number of unbranched alkanes of at least 4 members (excludes halogenated alkanes) is 2. The van der Waals surface area contributed by atoms with Crippen LogP contribution < -0.4 is 9.62 Å². The average Bonchev–Trinajstić information content (AvgIpc) is 2.79. The monoisotopic (exact) mass is 360 g/mol. The van der Waals surface area contributed by atoms with Crippen LogP contribution in [0.3, 0.4) is 0 Å². The number of benzene rings is 2. The Morgan fingerprint density at radius 2 is 1.88 bits per heavy atom. The number of nitrogens with zero attached hydrogens (tertiary/aromatic N) is 1. The lowest BCUT2D eigenvalue weighted by molar-refractivity contribution is -0.120. The van der Waals surface area contributed by atoms with Gasteiger partial charge in [-0.05, 0) is 30.9 Å². The number of nitrogens with one attached hydrogen (secondary N) is 1. The largest absolute Gasteiger partial charge is 0.352 e. The lowest BCUT2D eigenvalue weighted by Crippen LogP contribution is -2.42. The second-order valence-electron chi connectivity index (χ2n) is 6.61. The van der Waals surface area contributed by atoms with E-state index in [0.29, 0.717) is 11.1 Å². The van der Waals surface area contributed by atoms with Gasteiger partial charge in [-0.2, -0.15) is 0 Å². The fraction of sp³-hybridized carbons (Fsp3) is 0.421. The van der Waals surface area contributed by atoms with Gasteiger partial charge in [-0.25, -0.2) is 8.42 Å². The number of carbonyl (C=O) groups is 1. The molecule has 1 heterocycles. The topological polar surface area (TPSA) is 66.5 Å². The van der Waals surface area contributed by atoms with Crippen LogP contribution in [0.4, 0.5) is 5.69 Å². The van der Waals surface area contributed by atoms with E-state index in [2.05, 4.69) is 12.2 Å². The number of sulfonamides is 1. The molecule has 1 amide bonds. The summed E-state index contributed by atoms with van der Waals surface area (Å²) in [6.45, 7) is 3.91. The predicted molar refractivity (Wildman–Crippen MR) is 100 cm³/mol. The fourth-order valence-corrected chi connectivity index (χ4v) is 5.02. The Kier molecular flexibility index (Phi) is 4.99. The zero-order valence-electron chi connectivity index (χ0n) is 14.7. The van der Waals surface area contributed by atoms with E-state index in [-0.39, 0.29) is 23.4 Å². The lowest BCUT2D eigenvalue weighted by atomic mass is 10.1. The van der Waals surface area contributed by atoms with Gasteiger partial charge >= 0.3 is 0 Å². The lowest BCUT2D eigenvalue weighted by Gasteiger charge is -2.20. The second-order valence-corrected chi connectivity index (χ2v) is 8.44. The maximum atomic E-state index is 12.8. The first kappa shape index (κ1) is 17.7. The minimum Gasteiger partial charge on any atom is -0.352 e. The first-order valence-corrected chi connectivity index (χ1v) is 10.2. The van der Waals surface area contributed by atoms with Crippen LogP contribution in [0.25, 0.3) is 10.8 Å². The molecule has 0 saturated heterocycles. The highest BCUT2D eigenvalue weighted by Crippen LogP contribution is 2.41. The van der Waals surface area contributed by atoms with E-state index in [1.807, 2.05) is 25.1 Å². The summed E-state index contributed by atoms with van der Waals surface area (Å²) >= 11 is 0. The highest BCUT2D eigenvalue weighted by molar-refractivity contribution is 7.93. The predicted octanol–water partition coefficient (Wildman–Crippen LogP) is 3.43. The first-order valence-electron chi connectivity index (χ1n) is 8.79. The van der Waals surface area contributed by atoms with E-state index in [9.17, 15) is 13.2 Å². The highest BCUT2D eigenvalue weighted by atomic mass is 32.2. The van der Waals surface area contributed by atoms with Gasteiger partial charge in [0.1, 0.15) is 6.54 Å². The number of rotatable bonds is 7. The third kappa shape index (κ3) is 3.35. The van der Waals surface area contributed by atoms with Crippen LogP contribution in [0.2, 0.25) is 0 Å². The number of anilines is 1. The molecule has 0 aromatic heterocycles. The number of hydrogen-bond donors (Lipinski definition) is 1. The van der Waals surface area contributed by atoms with Crippen LogP contribution >= 0.6 is 0 Å². The molecular formula is C19H24N2O3S. The van der Waals surface area contributed by atoms with Crippen LogP contribution in [0.5, 0.6) is 0 Å². The molecule has 1 atom stereocenters. The van der Waals surface area contributed by atoms with Gasteiger partial charge in [0.05, 0.1) is 10.6 Å². The number of hydrogen-bond acceptors (Lipinski definition) is 3. The molecule has 0 unspecified atom stereocenters. The molecule has 1 aliphatic rings. The van der Waals surface area contributed by atoms with Crippen LogP contribution in [0.15, 0.2) is 41.3 Å². The van der Waals surface area contributed by atoms with E-state index in [0.717, 1.165) is 31.1 Å². The normalized spacial score (nSPS) is 16.2. The molecule has 1 aliphatic heterocycles. The molecule has 0 radical (unpaired) electrons. The molecule has 134 valence electrons. The van der Waals surface area contributed by atoms with Crippen LogP contribution in [-0.4, -0.2) is 26.9 Å². The molecule has 6 heteroatoms. The van der Waals surface area contributed by atoms with Crippen molar-refractivity contribution in [3.63, 3.8) is 0 Å². The fourth-order valence-electron chi connectivity index (χ4n) is 3.35. The zero-order valence-corrected chi connectivity index (χ0v) is 15.5. The quantitative estimate of drug-likeness (QED) is 0.769. The van der Waals surface area contributed by atoms with Crippen LogP contribution in [-0.2, 0) is 14.8 Å². The summed E-state index contributed by atoms with van der Waals surface area (Å²) in [5.41, 5.74) is 0.585.